The zero-order valence-electron chi connectivity index (χ0n) is 14.3. The lowest BCUT2D eigenvalue weighted by atomic mass is 10.1. The number of ether oxygens (including phenoxy) is 2. The molecule has 0 saturated heterocycles. The van der Waals surface area contributed by atoms with Crippen LogP contribution in [0.5, 0.6) is 11.5 Å². The first-order chi connectivity index (χ1) is 13.7. The van der Waals surface area contributed by atoms with Crippen molar-refractivity contribution >= 4 is 50.2 Å². The highest BCUT2D eigenvalue weighted by Gasteiger charge is 2.34. The molecule has 6 nitrogen and oxygen atoms in total. The van der Waals surface area contributed by atoms with Crippen LogP contribution in [-0.4, -0.2) is 23.5 Å². The fourth-order valence-electron chi connectivity index (χ4n) is 3.00. The number of carbonyl (C=O) groups excluding carboxylic acids is 1. The lowest BCUT2D eigenvalue weighted by Crippen LogP contribution is -2.32. The molecule has 1 aromatic heterocycles. The summed E-state index contributed by atoms with van der Waals surface area (Å²) in [4.78, 5) is 23.7. The number of fused-ring (bicyclic) bond motifs is 1. The summed E-state index contributed by atoms with van der Waals surface area (Å²) >= 11 is 4.94. The maximum absolute atomic E-state index is 13.2. The Morgan fingerprint density at radius 3 is 2.82 bits per heavy atom. The van der Waals surface area contributed by atoms with Crippen LogP contribution in [0.1, 0.15) is 11.1 Å². The minimum Gasteiger partial charge on any atom is -0.454 e. The van der Waals surface area contributed by atoms with Crippen LogP contribution in [0.15, 0.2) is 69.2 Å². The van der Waals surface area contributed by atoms with Crippen molar-refractivity contribution in [3.05, 3.63) is 75.3 Å². The number of rotatable bonds is 3. The first kappa shape index (κ1) is 17.2. The maximum atomic E-state index is 13.2. The first-order valence-electron chi connectivity index (χ1n) is 8.39. The van der Waals surface area contributed by atoms with Gasteiger partial charge in [-0.05, 0) is 29.8 Å². The molecule has 0 saturated carbocycles. The van der Waals surface area contributed by atoms with Crippen molar-refractivity contribution in [1.29, 1.82) is 0 Å². The summed E-state index contributed by atoms with van der Waals surface area (Å²) in [5.74, 6) is 1.67. The molecule has 8 heteroatoms. The van der Waals surface area contributed by atoms with E-state index in [1.807, 2.05) is 47.8 Å². The molecule has 0 unspecified atom stereocenters. The number of anilines is 1. The van der Waals surface area contributed by atoms with E-state index in [9.17, 15) is 4.79 Å². The van der Waals surface area contributed by atoms with Gasteiger partial charge in [-0.3, -0.25) is 4.79 Å². The molecule has 3 aromatic rings. The molecule has 1 amide bonds. The summed E-state index contributed by atoms with van der Waals surface area (Å²) < 4.78 is 11.6. The summed E-state index contributed by atoms with van der Waals surface area (Å²) in [7, 11) is 0. The fraction of sp³-hybridized carbons (Fsp3) is 0.0500. The average molecular weight is 454 g/mol. The van der Waals surface area contributed by atoms with Gasteiger partial charge in [-0.1, -0.05) is 40.2 Å². The van der Waals surface area contributed by atoms with Crippen LogP contribution in [0, 0.1) is 0 Å². The molecule has 0 radical (unpaired) electrons. The number of amidine groups is 1. The number of aliphatic imine (C=N–C) groups is 1. The lowest BCUT2D eigenvalue weighted by molar-refractivity contribution is -0.113. The van der Waals surface area contributed by atoms with Gasteiger partial charge in [0.1, 0.15) is 5.70 Å². The second-order valence-electron chi connectivity index (χ2n) is 6.01. The molecule has 138 valence electrons. The van der Waals surface area contributed by atoms with Gasteiger partial charge in [0.2, 0.25) is 6.79 Å². The van der Waals surface area contributed by atoms with E-state index in [0.717, 1.165) is 15.6 Å². The molecule has 0 fully saturated rings. The van der Waals surface area contributed by atoms with E-state index < -0.39 is 0 Å². The van der Waals surface area contributed by atoms with E-state index >= 15 is 0 Å². The summed E-state index contributed by atoms with van der Waals surface area (Å²) in [5, 5.41) is 2.41. The van der Waals surface area contributed by atoms with Crippen molar-refractivity contribution in [2.45, 2.75) is 0 Å². The van der Waals surface area contributed by atoms with Crippen molar-refractivity contribution in [2.24, 2.45) is 4.99 Å². The Morgan fingerprint density at radius 1 is 1.14 bits per heavy atom. The highest BCUT2D eigenvalue weighted by Crippen LogP contribution is 2.35. The van der Waals surface area contributed by atoms with E-state index in [-0.39, 0.29) is 12.7 Å². The molecule has 2 aromatic carbocycles. The fourth-order valence-corrected chi connectivity index (χ4v) is 4.11. The Balaban J connectivity index is 1.61. The maximum Gasteiger partial charge on any atom is 0.284 e. The monoisotopic (exact) mass is 453 g/mol. The number of hydrogen-bond acceptors (Lipinski definition) is 6. The molecule has 0 atom stereocenters. The van der Waals surface area contributed by atoms with Crippen LogP contribution in [0.2, 0.25) is 0 Å². The Morgan fingerprint density at radius 2 is 2.00 bits per heavy atom. The van der Waals surface area contributed by atoms with Crippen LogP contribution in [0.25, 0.3) is 6.08 Å². The molecule has 28 heavy (non-hydrogen) atoms. The zero-order chi connectivity index (χ0) is 19.1. The van der Waals surface area contributed by atoms with E-state index in [1.165, 1.54) is 11.3 Å². The minimum absolute atomic E-state index is 0.205. The third-order valence-corrected chi connectivity index (χ3v) is 5.73. The van der Waals surface area contributed by atoms with Gasteiger partial charge in [-0.15, -0.1) is 11.3 Å². The third-order valence-electron chi connectivity index (χ3n) is 4.29. The van der Waals surface area contributed by atoms with Crippen LogP contribution in [0.4, 0.5) is 5.13 Å². The van der Waals surface area contributed by atoms with Gasteiger partial charge in [0, 0.05) is 21.6 Å². The van der Waals surface area contributed by atoms with Crippen LogP contribution >= 0.6 is 27.3 Å². The normalized spacial score (nSPS) is 16.8. The molecule has 5 rings (SSSR count). The summed E-state index contributed by atoms with van der Waals surface area (Å²) in [6.45, 7) is 0.205. The van der Waals surface area contributed by atoms with Crippen LogP contribution in [0.3, 0.4) is 0 Å². The molecular weight excluding hydrogens is 442 g/mol. The number of aromatic nitrogens is 1. The quantitative estimate of drug-likeness (QED) is 0.548. The van der Waals surface area contributed by atoms with Gasteiger partial charge in [0.25, 0.3) is 5.91 Å². The Hall–Kier alpha value is -2.97. The van der Waals surface area contributed by atoms with E-state index in [1.54, 1.807) is 17.2 Å². The number of hydrogen-bond donors (Lipinski definition) is 0. The molecule has 0 bridgehead atoms. The van der Waals surface area contributed by atoms with Crippen molar-refractivity contribution < 1.29 is 14.3 Å². The van der Waals surface area contributed by atoms with Gasteiger partial charge < -0.3 is 9.47 Å². The number of nitrogens with zero attached hydrogens (tertiary/aromatic N) is 3. The standard InChI is InChI=1S/C20H12BrN3O3S/c21-14-4-2-1-3-13(14)18-23-15(19(25)24(18)20-22-7-8-28-20)9-12-5-6-16-17(10-12)27-11-26-16/h1-10H,11H2. The zero-order valence-corrected chi connectivity index (χ0v) is 16.7. The van der Waals surface area contributed by atoms with Crippen molar-refractivity contribution in [1.82, 2.24) is 4.98 Å². The highest BCUT2D eigenvalue weighted by molar-refractivity contribution is 9.10. The van der Waals surface area contributed by atoms with E-state index in [0.29, 0.717) is 28.2 Å². The van der Waals surface area contributed by atoms with Crippen LogP contribution < -0.4 is 14.4 Å². The Bertz CT molecular complexity index is 1140. The first-order valence-corrected chi connectivity index (χ1v) is 10.1. The lowest BCUT2D eigenvalue weighted by Gasteiger charge is -2.15. The summed E-state index contributed by atoms with van der Waals surface area (Å²) in [6.07, 6.45) is 3.42. The number of thiazole rings is 1. The third kappa shape index (κ3) is 2.90. The Kier molecular flexibility index (Phi) is 4.22. The number of halogens is 1. The molecule has 0 N–H and O–H groups in total. The van der Waals surface area contributed by atoms with Crippen molar-refractivity contribution in [2.75, 3.05) is 11.7 Å². The van der Waals surface area contributed by atoms with Gasteiger partial charge in [-0.25, -0.2) is 14.9 Å². The van der Waals surface area contributed by atoms with E-state index in [4.69, 9.17) is 9.47 Å². The minimum atomic E-state index is -0.224. The Labute approximate surface area is 172 Å². The number of benzene rings is 2. The van der Waals surface area contributed by atoms with Crippen LogP contribution in [-0.2, 0) is 4.79 Å². The summed E-state index contributed by atoms with van der Waals surface area (Å²) in [5.41, 5.74) is 1.96. The molecular formula is C20H12BrN3O3S. The van der Waals surface area contributed by atoms with Gasteiger partial charge in [-0.2, -0.15) is 0 Å². The molecule has 2 aliphatic rings. The highest BCUT2D eigenvalue weighted by atomic mass is 79.9. The van der Waals surface area contributed by atoms with Crippen molar-refractivity contribution in [3.8, 4) is 11.5 Å². The predicted octanol–water partition coefficient (Wildman–Crippen LogP) is 4.47. The largest absolute Gasteiger partial charge is 0.454 e. The summed E-state index contributed by atoms with van der Waals surface area (Å²) in [6, 6.07) is 13.2. The van der Waals surface area contributed by atoms with E-state index in [2.05, 4.69) is 25.9 Å². The van der Waals surface area contributed by atoms with Gasteiger partial charge in [0.05, 0.1) is 0 Å². The second-order valence-corrected chi connectivity index (χ2v) is 7.74. The van der Waals surface area contributed by atoms with Gasteiger partial charge >= 0.3 is 0 Å². The second kappa shape index (κ2) is 6.88. The smallest absolute Gasteiger partial charge is 0.284 e. The number of amides is 1. The van der Waals surface area contributed by atoms with Gasteiger partial charge in [0.15, 0.2) is 22.5 Å². The predicted molar refractivity (Wildman–Crippen MR) is 111 cm³/mol. The molecule has 0 spiro atoms. The molecule has 0 aliphatic carbocycles. The molecule has 3 heterocycles. The number of carbonyl (C=O) groups is 1. The van der Waals surface area contributed by atoms with Crippen molar-refractivity contribution in [3.63, 3.8) is 0 Å². The molecule has 2 aliphatic heterocycles. The SMILES string of the molecule is O=C1C(=Cc2ccc3c(c2)OCO3)N=C(c2ccccc2Br)N1c1nccs1. The average Bonchev–Trinajstić information content (AvgIpc) is 3.43. The topological polar surface area (TPSA) is 64.0 Å².